The minimum Gasteiger partial charge on any atom is -0.474 e. The Morgan fingerprint density at radius 3 is 2.54 bits per heavy atom. The van der Waals surface area contributed by atoms with Crippen molar-refractivity contribution in [3.63, 3.8) is 0 Å². The highest BCUT2D eigenvalue weighted by Crippen LogP contribution is 2.31. The van der Waals surface area contributed by atoms with Crippen molar-refractivity contribution in [1.82, 2.24) is 19.3 Å². The van der Waals surface area contributed by atoms with Crippen LogP contribution in [0.25, 0.3) is 21.8 Å². The van der Waals surface area contributed by atoms with Gasteiger partial charge in [-0.2, -0.15) is 4.98 Å². The molecule has 2 aromatic heterocycles. The third-order valence-corrected chi connectivity index (χ3v) is 7.78. The van der Waals surface area contributed by atoms with E-state index in [1.54, 1.807) is 6.20 Å². The third kappa shape index (κ3) is 4.92. The lowest BCUT2D eigenvalue weighted by Crippen LogP contribution is -2.41. The minimum atomic E-state index is -3.19. The fourth-order valence-corrected chi connectivity index (χ4v) is 5.44. The summed E-state index contributed by atoms with van der Waals surface area (Å²) in [5.41, 5.74) is 3.75. The molecule has 8 nitrogen and oxygen atoms in total. The molecule has 0 saturated carbocycles. The monoisotopic (exact) mass is 491 g/mol. The quantitative estimate of drug-likeness (QED) is 0.425. The molecule has 0 spiro atoms. The van der Waals surface area contributed by atoms with E-state index >= 15 is 0 Å². The van der Waals surface area contributed by atoms with Crippen LogP contribution in [-0.2, 0) is 10.0 Å². The number of piperidine rings is 1. The van der Waals surface area contributed by atoms with Crippen molar-refractivity contribution in [2.45, 2.75) is 38.8 Å². The lowest BCUT2D eigenvalue weighted by atomic mass is 10.1. The number of anilines is 1. The van der Waals surface area contributed by atoms with Gasteiger partial charge in [0.15, 0.2) is 5.82 Å². The molecule has 0 bridgehead atoms. The number of hydrogen-bond acceptors (Lipinski definition) is 7. The number of pyridine rings is 1. The zero-order valence-electron chi connectivity index (χ0n) is 20.1. The van der Waals surface area contributed by atoms with Gasteiger partial charge in [-0.05, 0) is 50.5 Å². The number of nitrogens with one attached hydrogen (secondary N) is 1. The molecule has 1 aliphatic heterocycles. The Bertz CT molecular complexity index is 1480. The Morgan fingerprint density at radius 2 is 1.77 bits per heavy atom. The van der Waals surface area contributed by atoms with E-state index in [1.165, 1.54) is 10.6 Å². The summed E-state index contributed by atoms with van der Waals surface area (Å²) in [6, 6.07) is 15.8. The summed E-state index contributed by atoms with van der Waals surface area (Å²) in [5, 5.41) is 5.47. The van der Waals surface area contributed by atoms with Gasteiger partial charge >= 0.3 is 0 Å². The predicted octanol–water partition coefficient (Wildman–Crippen LogP) is 4.46. The van der Waals surface area contributed by atoms with E-state index in [-0.39, 0.29) is 12.1 Å². The normalized spacial score (nSPS) is 16.4. The maximum Gasteiger partial charge on any atom is 0.225 e. The molecule has 2 aromatic carbocycles. The highest BCUT2D eigenvalue weighted by Gasteiger charge is 2.27. The van der Waals surface area contributed by atoms with Crippen LogP contribution < -0.4 is 10.1 Å². The van der Waals surface area contributed by atoms with Gasteiger partial charge in [0.05, 0.1) is 28.7 Å². The van der Waals surface area contributed by atoms with Gasteiger partial charge in [0, 0.05) is 30.4 Å². The van der Waals surface area contributed by atoms with Crippen LogP contribution in [0.2, 0.25) is 0 Å². The van der Waals surface area contributed by atoms with Gasteiger partial charge in [-0.25, -0.2) is 17.7 Å². The van der Waals surface area contributed by atoms with Crippen LogP contribution in [-0.4, -0.2) is 53.1 Å². The van der Waals surface area contributed by atoms with Crippen LogP contribution >= 0.6 is 0 Å². The molecule has 9 heteroatoms. The first-order valence-electron chi connectivity index (χ1n) is 11.8. The van der Waals surface area contributed by atoms with Crippen molar-refractivity contribution < 1.29 is 13.2 Å². The van der Waals surface area contributed by atoms with Gasteiger partial charge in [0.25, 0.3) is 0 Å². The number of aryl methyl sites for hydroxylation is 1. The van der Waals surface area contributed by atoms with Crippen LogP contribution in [0.5, 0.6) is 5.88 Å². The van der Waals surface area contributed by atoms with E-state index in [0.29, 0.717) is 37.6 Å². The van der Waals surface area contributed by atoms with E-state index in [9.17, 15) is 8.42 Å². The molecule has 35 heavy (non-hydrogen) atoms. The first-order valence-corrected chi connectivity index (χ1v) is 13.6. The Morgan fingerprint density at radius 1 is 1.03 bits per heavy atom. The summed E-state index contributed by atoms with van der Waals surface area (Å²) >= 11 is 0. The Balaban J connectivity index is 1.45. The molecule has 5 rings (SSSR count). The molecule has 0 radical (unpaired) electrons. The lowest BCUT2D eigenvalue weighted by molar-refractivity contribution is 0.131. The number of fused-ring (bicyclic) bond motifs is 2. The van der Waals surface area contributed by atoms with Gasteiger partial charge in [0.2, 0.25) is 15.9 Å². The van der Waals surface area contributed by atoms with Crippen molar-refractivity contribution in [1.29, 1.82) is 0 Å². The molecule has 182 valence electrons. The molecule has 0 unspecified atom stereocenters. The average Bonchev–Trinajstić information content (AvgIpc) is 2.84. The standard InChI is InChI=1S/C26H29N5O3S/c1-17-7-6-10-23-24(17)26(34-19-12-15-31(16-13-19)35(3,32)33)30-25(29-23)18(2)28-22-11-14-27-21-9-5-4-8-20(21)22/h4-11,14,18-19H,12-13,15-16H2,1-3H3,(H,27,28)/t18-/m0/s1. The van der Waals surface area contributed by atoms with E-state index < -0.39 is 10.0 Å². The smallest absolute Gasteiger partial charge is 0.225 e. The molecule has 1 atom stereocenters. The zero-order chi connectivity index (χ0) is 24.6. The molecule has 1 fully saturated rings. The number of aromatic nitrogens is 3. The number of sulfonamides is 1. The first-order chi connectivity index (χ1) is 16.8. The Hall–Kier alpha value is -3.30. The fourth-order valence-electron chi connectivity index (χ4n) is 4.57. The van der Waals surface area contributed by atoms with Crippen LogP contribution in [0.3, 0.4) is 0 Å². The molecule has 0 aliphatic carbocycles. The summed E-state index contributed by atoms with van der Waals surface area (Å²) in [5.74, 6) is 1.18. The number of nitrogens with zero attached hydrogens (tertiary/aromatic N) is 4. The van der Waals surface area contributed by atoms with Crippen molar-refractivity contribution in [2.75, 3.05) is 24.7 Å². The van der Waals surface area contributed by atoms with Crippen molar-refractivity contribution in [2.24, 2.45) is 0 Å². The predicted molar refractivity (Wildman–Crippen MR) is 138 cm³/mol. The second-order valence-electron chi connectivity index (χ2n) is 9.08. The van der Waals surface area contributed by atoms with Crippen LogP contribution in [0.4, 0.5) is 5.69 Å². The number of hydrogen-bond donors (Lipinski definition) is 1. The number of ether oxygens (including phenoxy) is 1. The SMILES string of the molecule is Cc1cccc2nc([C@H](C)Nc3ccnc4ccccc34)nc(OC3CCN(S(C)(=O)=O)CC3)c12. The highest BCUT2D eigenvalue weighted by molar-refractivity contribution is 7.88. The summed E-state index contributed by atoms with van der Waals surface area (Å²) in [6.07, 6.45) is 4.18. The van der Waals surface area contributed by atoms with E-state index in [0.717, 1.165) is 33.1 Å². The molecular formula is C26H29N5O3S. The fraction of sp³-hybridized carbons (Fsp3) is 0.346. The van der Waals surface area contributed by atoms with E-state index in [1.807, 2.05) is 62.4 Å². The zero-order valence-corrected chi connectivity index (χ0v) is 20.9. The van der Waals surface area contributed by atoms with E-state index in [2.05, 4.69) is 10.3 Å². The second kappa shape index (κ2) is 9.39. The number of benzene rings is 2. The molecular weight excluding hydrogens is 462 g/mol. The topological polar surface area (TPSA) is 97.3 Å². The molecule has 1 N–H and O–H groups in total. The summed E-state index contributed by atoms with van der Waals surface area (Å²) in [6.45, 7) is 4.95. The van der Waals surface area contributed by atoms with Gasteiger partial charge in [0.1, 0.15) is 6.10 Å². The third-order valence-electron chi connectivity index (χ3n) is 6.47. The largest absolute Gasteiger partial charge is 0.474 e. The summed E-state index contributed by atoms with van der Waals surface area (Å²) < 4.78 is 31.7. The van der Waals surface area contributed by atoms with Crippen LogP contribution in [0.15, 0.2) is 54.7 Å². The highest BCUT2D eigenvalue weighted by atomic mass is 32.2. The number of rotatable bonds is 6. The molecule has 3 heterocycles. The van der Waals surface area contributed by atoms with Gasteiger partial charge < -0.3 is 10.1 Å². The molecule has 1 aliphatic rings. The van der Waals surface area contributed by atoms with Gasteiger partial charge in [-0.1, -0.05) is 30.3 Å². The lowest BCUT2D eigenvalue weighted by Gasteiger charge is -2.30. The van der Waals surface area contributed by atoms with Gasteiger partial charge in [-0.15, -0.1) is 0 Å². The Kier molecular flexibility index (Phi) is 6.29. The number of para-hydroxylation sites is 1. The van der Waals surface area contributed by atoms with Gasteiger partial charge in [-0.3, -0.25) is 4.98 Å². The Labute approximate surface area is 205 Å². The van der Waals surface area contributed by atoms with Crippen LogP contribution in [0, 0.1) is 6.92 Å². The van der Waals surface area contributed by atoms with Crippen molar-refractivity contribution >= 4 is 37.5 Å². The van der Waals surface area contributed by atoms with E-state index in [4.69, 9.17) is 14.7 Å². The molecule has 4 aromatic rings. The molecule has 0 amide bonds. The maximum absolute atomic E-state index is 11.9. The minimum absolute atomic E-state index is 0.106. The second-order valence-corrected chi connectivity index (χ2v) is 11.1. The van der Waals surface area contributed by atoms with Crippen LogP contribution in [0.1, 0.15) is 37.2 Å². The molecule has 1 saturated heterocycles. The van der Waals surface area contributed by atoms with Crippen molar-refractivity contribution in [3.8, 4) is 5.88 Å². The average molecular weight is 492 g/mol. The summed E-state index contributed by atoms with van der Waals surface area (Å²) in [4.78, 5) is 14.1. The first kappa shape index (κ1) is 23.4. The summed E-state index contributed by atoms with van der Waals surface area (Å²) in [7, 11) is -3.19. The van der Waals surface area contributed by atoms with Crippen molar-refractivity contribution in [3.05, 3.63) is 66.1 Å². The maximum atomic E-state index is 11.9.